The van der Waals surface area contributed by atoms with Crippen LogP contribution in [-0.2, 0) is 0 Å². The maximum Gasteiger partial charge on any atom is 0.125 e. The number of hydrogen-bond donors (Lipinski definition) is 1. The molecule has 100 valence electrons. The van der Waals surface area contributed by atoms with Crippen LogP contribution in [-0.4, -0.2) is 19.2 Å². The van der Waals surface area contributed by atoms with Crippen LogP contribution in [0.4, 0.5) is 0 Å². The van der Waals surface area contributed by atoms with E-state index in [-0.39, 0.29) is 0 Å². The van der Waals surface area contributed by atoms with Crippen LogP contribution in [0.2, 0.25) is 0 Å². The molecule has 0 unspecified atom stereocenters. The quantitative estimate of drug-likeness (QED) is 0.776. The predicted molar refractivity (Wildman–Crippen MR) is 78.4 cm³/mol. The molecule has 0 spiro atoms. The summed E-state index contributed by atoms with van der Waals surface area (Å²) in [5.41, 5.74) is 4.73. The molecule has 0 aliphatic heterocycles. The lowest BCUT2D eigenvalue weighted by Crippen LogP contribution is -2.26. The van der Waals surface area contributed by atoms with E-state index < -0.39 is 0 Å². The van der Waals surface area contributed by atoms with Gasteiger partial charge in [-0.15, -0.1) is 0 Å². The van der Waals surface area contributed by atoms with E-state index in [0.29, 0.717) is 12.6 Å². The summed E-state index contributed by atoms with van der Waals surface area (Å²) < 4.78 is 5.88. The number of nitrogens with one attached hydrogen (secondary N) is 1. The summed E-state index contributed by atoms with van der Waals surface area (Å²) in [4.78, 5) is 0. The monoisotopic (exact) mass is 247 g/mol. The van der Waals surface area contributed by atoms with Crippen molar-refractivity contribution in [1.29, 1.82) is 0 Å². The molecule has 1 N–H and O–H groups in total. The normalized spacial score (nSPS) is 10.8. The smallest absolute Gasteiger partial charge is 0.125 e. The Morgan fingerprint density at radius 1 is 1.22 bits per heavy atom. The van der Waals surface area contributed by atoms with E-state index in [1.165, 1.54) is 16.7 Å². The zero-order valence-corrected chi connectivity index (χ0v) is 12.3. The first-order valence-electron chi connectivity index (χ1n) is 6.51. The molecule has 18 heavy (non-hydrogen) atoms. The van der Waals surface area contributed by atoms with E-state index in [1.807, 2.05) is 0 Å². The van der Waals surface area contributed by atoms with Crippen molar-refractivity contribution >= 4 is 0 Å². The molecule has 1 rings (SSSR count). The lowest BCUT2D eigenvalue weighted by atomic mass is 10.1. The molecule has 0 aromatic heterocycles. The van der Waals surface area contributed by atoms with Gasteiger partial charge in [0.15, 0.2) is 0 Å². The van der Waals surface area contributed by atoms with Crippen molar-refractivity contribution in [1.82, 2.24) is 5.32 Å². The van der Waals surface area contributed by atoms with Crippen LogP contribution in [0.5, 0.6) is 5.75 Å². The first-order valence-corrected chi connectivity index (χ1v) is 6.51. The summed E-state index contributed by atoms with van der Waals surface area (Å²) in [7, 11) is 0. The van der Waals surface area contributed by atoms with Gasteiger partial charge in [0.25, 0.3) is 0 Å². The fraction of sp³-hybridized carbons (Fsp3) is 0.500. The van der Waals surface area contributed by atoms with Crippen LogP contribution in [0.15, 0.2) is 24.3 Å². The van der Waals surface area contributed by atoms with Crippen molar-refractivity contribution in [3.8, 4) is 5.75 Å². The summed E-state index contributed by atoms with van der Waals surface area (Å²) in [5.74, 6) is 0.992. The van der Waals surface area contributed by atoms with Crippen LogP contribution >= 0.6 is 0 Å². The molecule has 0 atom stereocenters. The Balaban J connectivity index is 2.56. The van der Waals surface area contributed by atoms with Crippen LogP contribution in [0.1, 0.15) is 30.5 Å². The average Bonchev–Trinajstić information content (AvgIpc) is 2.24. The predicted octanol–water partition coefficient (Wildman–Crippen LogP) is 3.54. The van der Waals surface area contributed by atoms with Crippen molar-refractivity contribution in [2.24, 2.45) is 0 Å². The number of hydrogen-bond acceptors (Lipinski definition) is 2. The van der Waals surface area contributed by atoms with E-state index >= 15 is 0 Å². The maximum atomic E-state index is 5.88. The molecule has 1 aromatic carbocycles. The maximum absolute atomic E-state index is 5.88. The Bertz CT molecular complexity index is 398. The van der Waals surface area contributed by atoms with E-state index in [9.17, 15) is 0 Å². The molecule has 2 heteroatoms. The topological polar surface area (TPSA) is 21.3 Å². The molecule has 0 bridgehead atoms. The van der Waals surface area contributed by atoms with Gasteiger partial charge in [0.05, 0.1) is 0 Å². The number of aryl methyl sites for hydroxylation is 3. The highest BCUT2D eigenvalue weighted by Gasteiger charge is 2.06. The van der Waals surface area contributed by atoms with Crippen LogP contribution in [0.3, 0.4) is 0 Å². The van der Waals surface area contributed by atoms with Gasteiger partial charge >= 0.3 is 0 Å². The molecular formula is C16H25NO. The van der Waals surface area contributed by atoms with Crippen molar-refractivity contribution in [3.05, 3.63) is 41.0 Å². The van der Waals surface area contributed by atoms with Gasteiger partial charge in [-0.25, -0.2) is 0 Å². The largest absolute Gasteiger partial charge is 0.489 e. The van der Waals surface area contributed by atoms with Crippen LogP contribution in [0, 0.1) is 20.8 Å². The number of ether oxygens (including phenoxy) is 1. The van der Waals surface area contributed by atoms with Gasteiger partial charge in [-0.05, 0) is 37.5 Å². The lowest BCUT2D eigenvalue weighted by Gasteiger charge is -2.15. The second kappa shape index (κ2) is 6.60. The first-order chi connectivity index (χ1) is 8.40. The van der Waals surface area contributed by atoms with Gasteiger partial charge < -0.3 is 10.1 Å². The summed E-state index contributed by atoms with van der Waals surface area (Å²) in [5, 5.41) is 3.34. The van der Waals surface area contributed by atoms with Gasteiger partial charge in [-0.3, -0.25) is 0 Å². The van der Waals surface area contributed by atoms with E-state index in [2.05, 4.69) is 58.6 Å². The standard InChI is InChI=1S/C16H25NO/c1-11(2)17-9-13(4)10-18-16-14(5)7-12(3)8-15(16)6/h7-8,11,17H,4,9-10H2,1-3,5-6H3. The minimum atomic E-state index is 0.476. The molecule has 2 nitrogen and oxygen atoms in total. The summed E-state index contributed by atoms with van der Waals surface area (Å²) in [6.45, 7) is 15.9. The Hall–Kier alpha value is -1.28. The van der Waals surface area contributed by atoms with Crippen molar-refractivity contribution in [2.75, 3.05) is 13.2 Å². The fourth-order valence-electron chi connectivity index (χ4n) is 1.97. The molecule has 0 heterocycles. The minimum Gasteiger partial charge on any atom is -0.489 e. The SMILES string of the molecule is C=C(CNC(C)C)COc1c(C)cc(C)cc1C. The fourth-order valence-corrected chi connectivity index (χ4v) is 1.97. The van der Waals surface area contributed by atoms with Crippen molar-refractivity contribution in [2.45, 2.75) is 40.7 Å². The Labute approximate surface area is 111 Å². The zero-order valence-electron chi connectivity index (χ0n) is 12.3. The van der Waals surface area contributed by atoms with Gasteiger partial charge in [-0.1, -0.05) is 38.1 Å². The molecular weight excluding hydrogens is 222 g/mol. The highest BCUT2D eigenvalue weighted by Crippen LogP contribution is 2.24. The van der Waals surface area contributed by atoms with Crippen molar-refractivity contribution < 1.29 is 4.74 Å². The second-order valence-electron chi connectivity index (χ2n) is 5.30. The third-order valence-corrected chi connectivity index (χ3v) is 2.79. The molecule has 0 amide bonds. The summed E-state index contributed by atoms with van der Waals surface area (Å²) in [6, 6.07) is 4.78. The highest BCUT2D eigenvalue weighted by molar-refractivity contribution is 5.43. The number of benzene rings is 1. The molecule has 0 radical (unpaired) electrons. The van der Waals surface area contributed by atoms with Crippen LogP contribution < -0.4 is 10.1 Å². The molecule has 0 saturated carbocycles. The van der Waals surface area contributed by atoms with Gasteiger partial charge in [0.2, 0.25) is 0 Å². The number of rotatable bonds is 6. The molecule has 0 fully saturated rings. The molecule has 0 saturated heterocycles. The zero-order chi connectivity index (χ0) is 13.7. The van der Waals surface area contributed by atoms with E-state index in [4.69, 9.17) is 4.74 Å². The summed E-state index contributed by atoms with van der Waals surface area (Å²) >= 11 is 0. The molecule has 0 aliphatic rings. The van der Waals surface area contributed by atoms with Gasteiger partial charge in [0, 0.05) is 12.6 Å². The second-order valence-corrected chi connectivity index (χ2v) is 5.30. The Morgan fingerprint density at radius 2 is 1.78 bits per heavy atom. The van der Waals surface area contributed by atoms with Crippen molar-refractivity contribution in [3.63, 3.8) is 0 Å². The molecule has 0 aliphatic carbocycles. The minimum absolute atomic E-state index is 0.476. The highest BCUT2D eigenvalue weighted by atomic mass is 16.5. The average molecular weight is 247 g/mol. The lowest BCUT2D eigenvalue weighted by molar-refractivity contribution is 0.342. The summed E-state index contributed by atoms with van der Waals surface area (Å²) in [6.07, 6.45) is 0. The first kappa shape index (κ1) is 14.8. The van der Waals surface area contributed by atoms with E-state index in [0.717, 1.165) is 17.9 Å². The van der Waals surface area contributed by atoms with E-state index in [1.54, 1.807) is 0 Å². The third-order valence-electron chi connectivity index (χ3n) is 2.79. The Kier molecular flexibility index (Phi) is 5.42. The van der Waals surface area contributed by atoms with Crippen LogP contribution in [0.25, 0.3) is 0 Å². The Morgan fingerprint density at radius 3 is 2.28 bits per heavy atom. The third kappa shape index (κ3) is 4.53. The van der Waals surface area contributed by atoms with Gasteiger partial charge in [0.1, 0.15) is 12.4 Å². The van der Waals surface area contributed by atoms with Gasteiger partial charge in [-0.2, -0.15) is 0 Å². The molecule has 1 aromatic rings.